The Kier molecular flexibility index (Phi) is 6.46. The summed E-state index contributed by atoms with van der Waals surface area (Å²) in [4.78, 5) is 10.7. The first-order chi connectivity index (χ1) is 9.38. The SMILES string of the molecule is CCC(C)CC(CC)Nc1cc([N+](=O)[O-])c(C)cc1Br. The number of nitrogens with one attached hydrogen (secondary N) is 1. The van der Waals surface area contributed by atoms with Gasteiger partial charge in [0.05, 0.1) is 10.6 Å². The molecule has 0 heterocycles. The van der Waals surface area contributed by atoms with Crippen molar-refractivity contribution in [3.8, 4) is 0 Å². The predicted molar refractivity (Wildman–Crippen MR) is 87.3 cm³/mol. The number of nitro groups is 1. The maximum atomic E-state index is 11.0. The zero-order chi connectivity index (χ0) is 15.3. The molecule has 2 atom stereocenters. The summed E-state index contributed by atoms with van der Waals surface area (Å²) in [5.74, 6) is 0.645. The first kappa shape index (κ1) is 17.0. The van der Waals surface area contributed by atoms with Crippen molar-refractivity contribution in [2.45, 2.75) is 53.0 Å². The number of rotatable bonds is 7. The second kappa shape index (κ2) is 7.62. The van der Waals surface area contributed by atoms with Gasteiger partial charge >= 0.3 is 0 Å². The number of nitrogens with zero attached hydrogens (tertiary/aromatic N) is 1. The van der Waals surface area contributed by atoms with Crippen LogP contribution in [0.4, 0.5) is 11.4 Å². The Bertz CT molecular complexity index is 477. The van der Waals surface area contributed by atoms with Gasteiger partial charge in [-0.15, -0.1) is 0 Å². The van der Waals surface area contributed by atoms with Gasteiger partial charge in [-0.1, -0.05) is 27.2 Å². The lowest BCUT2D eigenvalue weighted by Crippen LogP contribution is -2.21. The first-order valence-corrected chi connectivity index (χ1v) is 7.89. The molecule has 4 nitrogen and oxygen atoms in total. The van der Waals surface area contributed by atoms with Crippen molar-refractivity contribution in [3.05, 3.63) is 32.3 Å². The summed E-state index contributed by atoms with van der Waals surface area (Å²) >= 11 is 3.49. The largest absolute Gasteiger partial charge is 0.381 e. The summed E-state index contributed by atoms with van der Waals surface area (Å²) < 4.78 is 0.878. The van der Waals surface area contributed by atoms with E-state index in [-0.39, 0.29) is 10.6 Å². The Balaban J connectivity index is 2.95. The average Bonchev–Trinajstić information content (AvgIpc) is 2.39. The van der Waals surface area contributed by atoms with Gasteiger partial charge < -0.3 is 5.32 Å². The molecule has 1 N–H and O–H groups in total. The number of halogens is 1. The minimum atomic E-state index is -0.331. The summed E-state index contributed by atoms with van der Waals surface area (Å²) in [5, 5.41) is 14.5. The van der Waals surface area contributed by atoms with E-state index in [0.717, 1.165) is 29.4 Å². The van der Waals surface area contributed by atoms with Crippen molar-refractivity contribution < 1.29 is 4.92 Å². The smallest absolute Gasteiger partial charge is 0.274 e. The summed E-state index contributed by atoms with van der Waals surface area (Å²) in [5.41, 5.74) is 1.63. The molecule has 0 aliphatic carbocycles. The molecule has 0 saturated heterocycles. The molecule has 20 heavy (non-hydrogen) atoms. The van der Waals surface area contributed by atoms with E-state index in [1.54, 1.807) is 19.1 Å². The molecule has 1 aromatic rings. The molecule has 1 rings (SSSR count). The minimum absolute atomic E-state index is 0.161. The van der Waals surface area contributed by atoms with Crippen LogP contribution >= 0.6 is 15.9 Å². The van der Waals surface area contributed by atoms with Gasteiger partial charge in [-0.2, -0.15) is 0 Å². The lowest BCUT2D eigenvalue weighted by atomic mass is 9.97. The molecule has 0 bridgehead atoms. The second-order valence-corrected chi connectivity index (χ2v) is 6.23. The molecule has 0 fully saturated rings. The Morgan fingerprint density at radius 1 is 1.35 bits per heavy atom. The van der Waals surface area contributed by atoms with Gasteiger partial charge in [0.1, 0.15) is 0 Å². The van der Waals surface area contributed by atoms with E-state index in [2.05, 4.69) is 42.0 Å². The van der Waals surface area contributed by atoms with Crippen LogP contribution in [-0.2, 0) is 0 Å². The van der Waals surface area contributed by atoms with E-state index in [0.29, 0.717) is 17.5 Å². The lowest BCUT2D eigenvalue weighted by Gasteiger charge is -2.22. The highest BCUT2D eigenvalue weighted by molar-refractivity contribution is 9.10. The molecule has 2 unspecified atom stereocenters. The van der Waals surface area contributed by atoms with Crippen molar-refractivity contribution in [1.82, 2.24) is 0 Å². The molecule has 0 aliphatic heterocycles. The summed E-state index contributed by atoms with van der Waals surface area (Å²) in [6, 6.07) is 3.76. The van der Waals surface area contributed by atoms with Crippen molar-refractivity contribution >= 4 is 27.3 Å². The van der Waals surface area contributed by atoms with Crippen LogP contribution in [0.3, 0.4) is 0 Å². The molecule has 0 radical (unpaired) electrons. The highest BCUT2D eigenvalue weighted by Crippen LogP contribution is 2.32. The number of benzene rings is 1. The van der Waals surface area contributed by atoms with E-state index in [1.165, 1.54) is 0 Å². The molecule has 112 valence electrons. The van der Waals surface area contributed by atoms with E-state index >= 15 is 0 Å². The predicted octanol–water partition coefficient (Wildman–Crippen LogP) is 5.29. The normalized spacial score (nSPS) is 13.8. The quantitative estimate of drug-likeness (QED) is 0.540. The maximum absolute atomic E-state index is 11.0. The molecule has 0 aliphatic rings. The number of nitro benzene ring substituents is 1. The van der Waals surface area contributed by atoms with Gasteiger partial charge in [0, 0.05) is 22.1 Å². The number of aryl methyl sites for hydroxylation is 1. The van der Waals surface area contributed by atoms with Crippen molar-refractivity contribution in [2.75, 3.05) is 5.32 Å². The van der Waals surface area contributed by atoms with E-state index in [1.807, 2.05) is 0 Å². The van der Waals surface area contributed by atoms with Crippen LogP contribution in [0.2, 0.25) is 0 Å². The Morgan fingerprint density at radius 2 is 2.00 bits per heavy atom. The highest BCUT2D eigenvalue weighted by Gasteiger charge is 2.17. The molecular weight excluding hydrogens is 320 g/mol. The van der Waals surface area contributed by atoms with Crippen LogP contribution in [0.1, 0.15) is 45.6 Å². The van der Waals surface area contributed by atoms with Gasteiger partial charge in [-0.05, 0) is 47.7 Å². The minimum Gasteiger partial charge on any atom is -0.381 e. The van der Waals surface area contributed by atoms with E-state index < -0.39 is 0 Å². The number of anilines is 1. The monoisotopic (exact) mass is 342 g/mol. The summed E-state index contributed by atoms with van der Waals surface area (Å²) in [6.07, 6.45) is 3.22. The number of hydrogen-bond donors (Lipinski definition) is 1. The third kappa shape index (κ3) is 4.47. The fourth-order valence-electron chi connectivity index (χ4n) is 2.17. The third-order valence-corrected chi connectivity index (χ3v) is 4.37. The maximum Gasteiger partial charge on any atom is 0.274 e. The van der Waals surface area contributed by atoms with Gasteiger partial charge in [0.15, 0.2) is 0 Å². The average molecular weight is 343 g/mol. The van der Waals surface area contributed by atoms with Gasteiger partial charge in [0.2, 0.25) is 0 Å². The number of hydrogen-bond acceptors (Lipinski definition) is 3. The second-order valence-electron chi connectivity index (χ2n) is 5.37. The molecule has 0 amide bonds. The van der Waals surface area contributed by atoms with E-state index in [9.17, 15) is 10.1 Å². The molecule has 0 aromatic heterocycles. The Labute approximate surface area is 129 Å². The zero-order valence-electron chi connectivity index (χ0n) is 12.6. The standard InChI is InChI=1S/C15H23BrN2O2/c1-5-10(3)7-12(6-2)17-14-9-15(18(19)20)11(4)8-13(14)16/h8-10,12,17H,5-7H2,1-4H3. The fraction of sp³-hybridized carbons (Fsp3) is 0.600. The summed E-state index contributed by atoms with van der Waals surface area (Å²) in [7, 11) is 0. The first-order valence-electron chi connectivity index (χ1n) is 7.10. The van der Waals surface area contributed by atoms with Crippen molar-refractivity contribution in [3.63, 3.8) is 0 Å². The molecule has 0 saturated carbocycles. The van der Waals surface area contributed by atoms with Crippen LogP contribution in [0.25, 0.3) is 0 Å². The van der Waals surface area contributed by atoms with Crippen molar-refractivity contribution in [1.29, 1.82) is 0 Å². The lowest BCUT2D eigenvalue weighted by molar-refractivity contribution is -0.385. The Hall–Kier alpha value is -1.10. The fourth-order valence-corrected chi connectivity index (χ4v) is 2.74. The van der Waals surface area contributed by atoms with Crippen LogP contribution < -0.4 is 5.32 Å². The van der Waals surface area contributed by atoms with Gasteiger partial charge in [-0.3, -0.25) is 10.1 Å². The molecule has 0 spiro atoms. The van der Waals surface area contributed by atoms with Crippen LogP contribution in [0.15, 0.2) is 16.6 Å². The molecule has 5 heteroatoms. The Morgan fingerprint density at radius 3 is 2.50 bits per heavy atom. The summed E-state index contributed by atoms with van der Waals surface area (Å²) in [6.45, 7) is 8.31. The zero-order valence-corrected chi connectivity index (χ0v) is 14.2. The highest BCUT2D eigenvalue weighted by atomic mass is 79.9. The van der Waals surface area contributed by atoms with Crippen LogP contribution in [-0.4, -0.2) is 11.0 Å². The van der Waals surface area contributed by atoms with E-state index in [4.69, 9.17) is 0 Å². The van der Waals surface area contributed by atoms with Crippen LogP contribution in [0, 0.1) is 23.0 Å². The topological polar surface area (TPSA) is 55.2 Å². The molecular formula is C15H23BrN2O2. The van der Waals surface area contributed by atoms with Gasteiger partial charge in [-0.25, -0.2) is 0 Å². The van der Waals surface area contributed by atoms with Gasteiger partial charge in [0.25, 0.3) is 5.69 Å². The third-order valence-electron chi connectivity index (χ3n) is 3.72. The van der Waals surface area contributed by atoms with Crippen molar-refractivity contribution in [2.24, 2.45) is 5.92 Å². The molecule has 1 aromatic carbocycles. The van der Waals surface area contributed by atoms with Crippen LogP contribution in [0.5, 0.6) is 0 Å².